The number of alkyl halides is 3. The standard InChI is InChI=1S/C23H26F3NO2/c1-4-16-22(3,5-2)29-20(18-14-10-7-11-15-18)19(17-12-8-6-9-13-17)27-21(28)23(24,25)26/h4,6-15,19-20H,1,5,16H2,2-3H3,(H,27,28)/t19-,20+,22+/m1/s1. The molecule has 0 saturated heterocycles. The first-order valence-electron chi connectivity index (χ1n) is 9.46. The summed E-state index contributed by atoms with van der Waals surface area (Å²) in [6.07, 6.45) is -2.96. The first-order valence-corrected chi connectivity index (χ1v) is 9.46. The van der Waals surface area contributed by atoms with Crippen LogP contribution in [0.1, 0.15) is 50.0 Å². The molecule has 1 amide bonds. The molecule has 0 unspecified atom stereocenters. The van der Waals surface area contributed by atoms with Gasteiger partial charge in [0.05, 0.1) is 11.6 Å². The number of ether oxygens (including phenoxy) is 1. The van der Waals surface area contributed by atoms with Crippen molar-refractivity contribution in [1.29, 1.82) is 0 Å². The van der Waals surface area contributed by atoms with Crippen molar-refractivity contribution < 1.29 is 22.7 Å². The first kappa shape index (κ1) is 22.7. The first-order chi connectivity index (χ1) is 13.7. The van der Waals surface area contributed by atoms with Crippen molar-refractivity contribution in [2.75, 3.05) is 0 Å². The lowest BCUT2D eigenvalue weighted by atomic mass is 9.92. The quantitative estimate of drug-likeness (QED) is 0.527. The van der Waals surface area contributed by atoms with E-state index in [1.54, 1.807) is 60.7 Å². The number of carbonyl (C=O) groups is 1. The van der Waals surface area contributed by atoms with Gasteiger partial charge in [0.2, 0.25) is 0 Å². The highest BCUT2D eigenvalue weighted by atomic mass is 19.4. The molecule has 2 rings (SSSR count). The van der Waals surface area contributed by atoms with E-state index < -0.39 is 29.8 Å². The fourth-order valence-corrected chi connectivity index (χ4v) is 3.08. The SMILES string of the molecule is C=CC[C@](C)(CC)O[C@@H](c1ccccc1)[C@H](NC(=O)C(F)(F)F)c1ccccc1. The highest BCUT2D eigenvalue weighted by Gasteiger charge is 2.42. The maximum absolute atomic E-state index is 13.0. The van der Waals surface area contributed by atoms with Gasteiger partial charge in [-0.1, -0.05) is 73.7 Å². The second-order valence-electron chi connectivity index (χ2n) is 7.10. The summed E-state index contributed by atoms with van der Waals surface area (Å²) in [5, 5.41) is 2.15. The Bertz CT molecular complexity index is 793. The van der Waals surface area contributed by atoms with Crippen molar-refractivity contribution in [1.82, 2.24) is 5.32 Å². The van der Waals surface area contributed by atoms with Crippen LogP contribution in [0.4, 0.5) is 13.2 Å². The summed E-state index contributed by atoms with van der Waals surface area (Å²) in [6, 6.07) is 16.5. The zero-order valence-corrected chi connectivity index (χ0v) is 16.6. The Kier molecular flexibility index (Phi) is 7.62. The average Bonchev–Trinajstić information content (AvgIpc) is 2.71. The Balaban J connectivity index is 2.54. The minimum absolute atomic E-state index is 0.515. The summed E-state index contributed by atoms with van der Waals surface area (Å²) in [4.78, 5) is 11.8. The minimum Gasteiger partial charge on any atom is -0.365 e. The molecule has 0 aliphatic rings. The van der Waals surface area contributed by atoms with Gasteiger partial charge in [-0.05, 0) is 30.9 Å². The predicted octanol–water partition coefficient (Wildman–Crippen LogP) is 5.91. The molecule has 1 N–H and O–H groups in total. The summed E-state index contributed by atoms with van der Waals surface area (Å²) in [5.41, 5.74) is 0.543. The Morgan fingerprint density at radius 1 is 1.07 bits per heavy atom. The van der Waals surface area contributed by atoms with Crippen molar-refractivity contribution in [3.63, 3.8) is 0 Å². The molecule has 0 aliphatic heterocycles. The van der Waals surface area contributed by atoms with Crippen LogP contribution in [0.15, 0.2) is 73.3 Å². The van der Waals surface area contributed by atoms with E-state index in [2.05, 4.69) is 11.9 Å². The van der Waals surface area contributed by atoms with E-state index in [9.17, 15) is 18.0 Å². The van der Waals surface area contributed by atoms with Crippen LogP contribution in [0.25, 0.3) is 0 Å². The number of amides is 1. The molecule has 0 heterocycles. The van der Waals surface area contributed by atoms with Crippen molar-refractivity contribution in [2.45, 2.75) is 50.6 Å². The van der Waals surface area contributed by atoms with Gasteiger partial charge < -0.3 is 10.1 Å². The van der Waals surface area contributed by atoms with E-state index in [-0.39, 0.29) is 0 Å². The van der Waals surface area contributed by atoms with Gasteiger partial charge in [0, 0.05) is 0 Å². The minimum atomic E-state index is -5.00. The lowest BCUT2D eigenvalue weighted by Gasteiger charge is -2.37. The molecule has 0 spiro atoms. The molecule has 0 bridgehead atoms. The summed E-state index contributed by atoms with van der Waals surface area (Å²) >= 11 is 0. The van der Waals surface area contributed by atoms with Gasteiger partial charge in [-0.25, -0.2) is 0 Å². The predicted molar refractivity (Wildman–Crippen MR) is 107 cm³/mol. The average molecular weight is 405 g/mol. The van der Waals surface area contributed by atoms with Gasteiger partial charge in [-0.15, -0.1) is 6.58 Å². The topological polar surface area (TPSA) is 38.3 Å². The second-order valence-corrected chi connectivity index (χ2v) is 7.10. The number of rotatable bonds is 9. The van der Waals surface area contributed by atoms with E-state index in [4.69, 9.17) is 4.74 Å². The Morgan fingerprint density at radius 3 is 2.03 bits per heavy atom. The van der Waals surface area contributed by atoms with Crippen LogP contribution in [-0.2, 0) is 9.53 Å². The van der Waals surface area contributed by atoms with Gasteiger partial charge in [0.25, 0.3) is 0 Å². The molecule has 2 aromatic carbocycles. The van der Waals surface area contributed by atoms with E-state index in [0.717, 1.165) is 0 Å². The molecular formula is C23H26F3NO2. The summed E-state index contributed by atoms with van der Waals surface area (Å²) in [5.74, 6) is -2.00. The molecule has 0 fully saturated rings. The monoisotopic (exact) mass is 405 g/mol. The van der Waals surface area contributed by atoms with Gasteiger partial charge in [-0.3, -0.25) is 4.79 Å². The van der Waals surface area contributed by atoms with Crippen LogP contribution in [0.5, 0.6) is 0 Å². The van der Waals surface area contributed by atoms with Crippen LogP contribution >= 0.6 is 0 Å². The highest BCUT2D eigenvalue weighted by molar-refractivity contribution is 5.82. The summed E-state index contributed by atoms with van der Waals surface area (Å²) < 4.78 is 45.5. The number of hydrogen-bond donors (Lipinski definition) is 1. The van der Waals surface area contributed by atoms with Gasteiger partial charge in [0.15, 0.2) is 0 Å². The number of hydrogen-bond acceptors (Lipinski definition) is 2. The van der Waals surface area contributed by atoms with Crippen LogP contribution in [0.2, 0.25) is 0 Å². The van der Waals surface area contributed by atoms with Crippen LogP contribution in [-0.4, -0.2) is 17.7 Å². The molecule has 0 aliphatic carbocycles. The third kappa shape index (κ3) is 6.19. The van der Waals surface area contributed by atoms with E-state index in [1.807, 2.05) is 19.9 Å². The number of carbonyl (C=O) groups excluding carboxylic acids is 1. The summed E-state index contributed by atoms with van der Waals surface area (Å²) in [7, 11) is 0. The van der Waals surface area contributed by atoms with E-state index in [0.29, 0.717) is 24.0 Å². The van der Waals surface area contributed by atoms with E-state index in [1.165, 1.54) is 0 Å². The van der Waals surface area contributed by atoms with Crippen molar-refractivity contribution in [2.24, 2.45) is 0 Å². The lowest BCUT2D eigenvalue weighted by Crippen LogP contribution is -2.43. The smallest absolute Gasteiger partial charge is 0.365 e. The normalized spacial score (nSPS) is 15.8. The van der Waals surface area contributed by atoms with Crippen molar-refractivity contribution in [3.8, 4) is 0 Å². The molecule has 156 valence electrons. The Labute approximate surface area is 169 Å². The zero-order chi connectivity index (χ0) is 21.5. The highest BCUT2D eigenvalue weighted by Crippen LogP contribution is 2.38. The third-order valence-corrected chi connectivity index (χ3v) is 4.87. The summed E-state index contributed by atoms with van der Waals surface area (Å²) in [6.45, 7) is 7.59. The molecule has 29 heavy (non-hydrogen) atoms. The number of benzene rings is 2. The maximum Gasteiger partial charge on any atom is 0.471 e. The Morgan fingerprint density at radius 2 is 1.59 bits per heavy atom. The van der Waals surface area contributed by atoms with Crippen LogP contribution in [0, 0.1) is 0 Å². The van der Waals surface area contributed by atoms with Crippen molar-refractivity contribution in [3.05, 3.63) is 84.4 Å². The number of nitrogens with one attached hydrogen (secondary N) is 1. The zero-order valence-electron chi connectivity index (χ0n) is 16.6. The largest absolute Gasteiger partial charge is 0.471 e. The van der Waals surface area contributed by atoms with Crippen LogP contribution < -0.4 is 5.32 Å². The molecular weight excluding hydrogens is 379 g/mol. The molecule has 6 heteroatoms. The lowest BCUT2D eigenvalue weighted by molar-refractivity contribution is -0.177. The fraction of sp³-hybridized carbons (Fsp3) is 0.348. The third-order valence-electron chi connectivity index (χ3n) is 4.87. The van der Waals surface area contributed by atoms with Crippen molar-refractivity contribution >= 4 is 5.91 Å². The van der Waals surface area contributed by atoms with Gasteiger partial charge >= 0.3 is 12.1 Å². The fourth-order valence-electron chi connectivity index (χ4n) is 3.08. The van der Waals surface area contributed by atoms with Gasteiger partial charge in [0.1, 0.15) is 6.10 Å². The Hall–Kier alpha value is -2.60. The maximum atomic E-state index is 13.0. The molecule has 0 saturated carbocycles. The molecule has 0 radical (unpaired) electrons. The van der Waals surface area contributed by atoms with Crippen LogP contribution in [0.3, 0.4) is 0 Å². The van der Waals surface area contributed by atoms with Gasteiger partial charge in [-0.2, -0.15) is 13.2 Å². The molecule has 2 aromatic rings. The molecule has 0 aromatic heterocycles. The molecule has 3 atom stereocenters. The van der Waals surface area contributed by atoms with E-state index >= 15 is 0 Å². The number of halogens is 3. The molecule has 3 nitrogen and oxygen atoms in total. The second kappa shape index (κ2) is 9.74.